The van der Waals surface area contributed by atoms with Gasteiger partial charge >= 0.3 is 0 Å². The minimum absolute atomic E-state index is 0.0239. The van der Waals surface area contributed by atoms with Gasteiger partial charge in [0.25, 0.3) is 15.9 Å². The van der Waals surface area contributed by atoms with Crippen molar-refractivity contribution >= 4 is 62.4 Å². The van der Waals surface area contributed by atoms with Crippen LogP contribution in [0.3, 0.4) is 0 Å². The zero-order chi connectivity index (χ0) is 21.8. The van der Waals surface area contributed by atoms with Crippen LogP contribution in [-0.4, -0.2) is 25.8 Å². The highest BCUT2D eigenvalue weighted by molar-refractivity contribution is 8.19. The van der Waals surface area contributed by atoms with E-state index in [9.17, 15) is 13.2 Å². The standard InChI is InChI=1S/C22H19ClN2O3S3/c23-19-6-1-2-7-20(19)25-31(27,28)18-5-3-4-17(14-18)24-21(26)15-8-10-16(11-9-15)22-29-12-13-30-22/h1-11,14,22,25H,12-13H2,(H,24,26). The molecule has 31 heavy (non-hydrogen) atoms. The molecule has 1 amide bonds. The molecule has 0 aliphatic carbocycles. The Morgan fingerprint density at radius 1 is 0.935 bits per heavy atom. The molecule has 0 radical (unpaired) electrons. The molecule has 1 aliphatic heterocycles. The van der Waals surface area contributed by atoms with Gasteiger partial charge in [-0.25, -0.2) is 8.42 Å². The Balaban J connectivity index is 1.48. The molecule has 1 fully saturated rings. The Labute approximate surface area is 195 Å². The molecule has 3 aromatic rings. The van der Waals surface area contributed by atoms with E-state index >= 15 is 0 Å². The van der Waals surface area contributed by atoms with Crippen LogP contribution in [0.1, 0.15) is 20.5 Å². The van der Waals surface area contributed by atoms with Crippen LogP contribution in [-0.2, 0) is 10.0 Å². The molecule has 3 aromatic carbocycles. The highest BCUT2D eigenvalue weighted by atomic mass is 35.5. The van der Waals surface area contributed by atoms with Crippen molar-refractivity contribution in [3.63, 3.8) is 0 Å². The molecule has 2 N–H and O–H groups in total. The zero-order valence-electron chi connectivity index (χ0n) is 16.2. The van der Waals surface area contributed by atoms with Gasteiger partial charge in [-0.3, -0.25) is 9.52 Å². The Morgan fingerprint density at radius 2 is 1.65 bits per heavy atom. The quantitative estimate of drug-likeness (QED) is 0.451. The summed E-state index contributed by atoms with van der Waals surface area (Å²) in [5, 5.41) is 3.07. The first-order chi connectivity index (χ1) is 14.9. The topological polar surface area (TPSA) is 75.3 Å². The molecule has 0 saturated carbocycles. The lowest BCUT2D eigenvalue weighted by Crippen LogP contribution is -2.15. The van der Waals surface area contributed by atoms with Gasteiger partial charge in [0.1, 0.15) is 0 Å². The van der Waals surface area contributed by atoms with Gasteiger partial charge in [0, 0.05) is 22.8 Å². The Hall–Kier alpha value is -2.13. The molecule has 1 saturated heterocycles. The molecular formula is C22H19ClN2O3S3. The molecule has 5 nitrogen and oxygen atoms in total. The van der Waals surface area contributed by atoms with Crippen molar-refractivity contribution in [3.05, 3.63) is 88.9 Å². The van der Waals surface area contributed by atoms with E-state index in [4.69, 9.17) is 11.6 Å². The average molecular weight is 491 g/mol. The van der Waals surface area contributed by atoms with Crippen molar-refractivity contribution in [2.75, 3.05) is 21.5 Å². The number of halogens is 1. The molecule has 0 spiro atoms. The monoisotopic (exact) mass is 490 g/mol. The van der Waals surface area contributed by atoms with Crippen molar-refractivity contribution in [2.24, 2.45) is 0 Å². The summed E-state index contributed by atoms with van der Waals surface area (Å²) in [6.07, 6.45) is 0. The van der Waals surface area contributed by atoms with Gasteiger partial charge in [-0.2, -0.15) is 0 Å². The highest BCUT2D eigenvalue weighted by Gasteiger charge is 2.19. The van der Waals surface area contributed by atoms with Gasteiger partial charge in [-0.05, 0) is 48.0 Å². The summed E-state index contributed by atoms with van der Waals surface area (Å²) in [5.41, 5.74) is 2.39. The molecule has 1 aliphatic rings. The molecular weight excluding hydrogens is 472 g/mol. The van der Waals surface area contributed by atoms with Crippen LogP contribution in [0.25, 0.3) is 0 Å². The lowest BCUT2D eigenvalue weighted by molar-refractivity contribution is 0.102. The SMILES string of the molecule is O=C(Nc1cccc(S(=O)(=O)Nc2ccccc2Cl)c1)c1ccc(C2SCCS2)cc1. The maximum atomic E-state index is 12.7. The summed E-state index contributed by atoms with van der Waals surface area (Å²) in [4.78, 5) is 12.7. The van der Waals surface area contributed by atoms with E-state index in [2.05, 4.69) is 10.0 Å². The number of carbonyl (C=O) groups is 1. The number of hydrogen-bond acceptors (Lipinski definition) is 5. The summed E-state index contributed by atoms with van der Waals surface area (Å²) < 4.78 is 28.4. The van der Waals surface area contributed by atoms with Gasteiger partial charge < -0.3 is 5.32 Å². The van der Waals surface area contributed by atoms with E-state index in [1.54, 1.807) is 48.5 Å². The summed E-state index contributed by atoms with van der Waals surface area (Å²) in [7, 11) is -3.86. The van der Waals surface area contributed by atoms with Crippen molar-refractivity contribution in [1.29, 1.82) is 0 Å². The second-order valence-electron chi connectivity index (χ2n) is 6.76. The largest absolute Gasteiger partial charge is 0.322 e. The summed E-state index contributed by atoms with van der Waals surface area (Å²) in [5.74, 6) is 1.98. The second kappa shape index (κ2) is 9.56. The van der Waals surface area contributed by atoms with Gasteiger partial charge in [0.05, 0.1) is 20.2 Å². The number of rotatable bonds is 6. The van der Waals surface area contributed by atoms with Crippen LogP contribution in [0.15, 0.2) is 77.7 Å². The minimum atomic E-state index is -3.86. The highest BCUT2D eigenvalue weighted by Crippen LogP contribution is 2.45. The summed E-state index contributed by atoms with van der Waals surface area (Å²) in [6.45, 7) is 0. The van der Waals surface area contributed by atoms with E-state index in [0.29, 0.717) is 20.9 Å². The smallest absolute Gasteiger partial charge is 0.262 e. The van der Waals surface area contributed by atoms with Crippen LogP contribution in [0.5, 0.6) is 0 Å². The lowest BCUT2D eigenvalue weighted by atomic mass is 10.1. The van der Waals surface area contributed by atoms with Crippen LogP contribution in [0.2, 0.25) is 5.02 Å². The predicted molar refractivity (Wildman–Crippen MR) is 131 cm³/mol. The van der Waals surface area contributed by atoms with Gasteiger partial charge in [0.15, 0.2) is 0 Å². The van der Waals surface area contributed by atoms with Gasteiger partial charge in [-0.15, -0.1) is 23.5 Å². The third-order valence-electron chi connectivity index (χ3n) is 4.59. The first-order valence-electron chi connectivity index (χ1n) is 9.44. The van der Waals surface area contributed by atoms with Crippen LogP contribution in [0.4, 0.5) is 11.4 Å². The molecule has 0 atom stereocenters. The van der Waals surface area contributed by atoms with Crippen LogP contribution >= 0.6 is 35.1 Å². The normalized spacial score (nSPS) is 14.4. The average Bonchev–Trinajstić information content (AvgIpc) is 3.31. The van der Waals surface area contributed by atoms with Crippen molar-refractivity contribution in [3.8, 4) is 0 Å². The van der Waals surface area contributed by atoms with Crippen LogP contribution in [0, 0.1) is 0 Å². The number of anilines is 2. The molecule has 0 unspecified atom stereocenters. The van der Waals surface area contributed by atoms with E-state index < -0.39 is 10.0 Å². The van der Waals surface area contributed by atoms with E-state index in [-0.39, 0.29) is 16.5 Å². The Morgan fingerprint density at radius 3 is 2.35 bits per heavy atom. The Kier molecular flexibility index (Phi) is 6.81. The van der Waals surface area contributed by atoms with Gasteiger partial charge in [0.2, 0.25) is 0 Å². The number of hydrogen-bond donors (Lipinski definition) is 2. The first kappa shape index (κ1) is 22.1. The third-order valence-corrected chi connectivity index (χ3v) is 9.38. The van der Waals surface area contributed by atoms with Crippen LogP contribution < -0.4 is 10.0 Å². The predicted octanol–water partition coefficient (Wildman–Crippen LogP) is 5.87. The fourth-order valence-corrected chi connectivity index (χ4v) is 7.26. The zero-order valence-corrected chi connectivity index (χ0v) is 19.5. The van der Waals surface area contributed by atoms with E-state index in [1.165, 1.54) is 17.7 Å². The Bertz CT molecular complexity index is 1190. The van der Waals surface area contributed by atoms with Crippen molar-refractivity contribution in [2.45, 2.75) is 9.48 Å². The number of thioether (sulfide) groups is 2. The lowest BCUT2D eigenvalue weighted by Gasteiger charge is -2.12. The molecule has 160 valence electrons. The summed E-state index contributed by atoms with van der Waals surface area (Å²) >= 11 is 9.87. The minimum Gasteiger partial charge on any atom is -0.322 e. The van der Waals surface area contributed by atoms with Gasteiger partial charge in [-0.1, -0.05) is 41.9 Å². The molecule has 9 heteroatoms. The first-order valence-corrected chi connectivity index (χ1v) is 13.4. The van der Waals surface area contributed by atoms with E-state index in [1.807, 2.05) is 35.7 Å². The number of amides is 1. The number of carbonyl (C=O) groups excluding carboxylic acids is 1. The molecule has 0 bridgehead atoms. The van der Waals surface area contributed by atoms with Crippen molar-refractivity contribution in [1.82, 2.24) is 0 Å². The fraction of sp³-hybridized carbons (Fsp3) is 0.136. The number of benzene rings is 3. The number of para-hydroxylation sites is 1. The fourth-order valence-electron chi connectivity index (χ4n) is 3.03. The number of nitrogens with one attached hydrogen (secondary N) is 2. The third kappa shape index (κ3) is 5.38. The maximum Gasteiger partial charge on any atom is 0.262 e. The van der Waals surface area contributed by atoms with Crippen molar-refractivity contribution < 1.29 is 13.2 Å². The summed E-state index contributed by atoms with van der Waals surface area (Å²) in [6, 6.07) is 20.2. The molecule has 0 aromatic heterocycles. The second-order valence-corrected chi connectivity index (χ2v) is 11.6. The maximum absolute atomic E-state index is 12.7. The van der Waals surface area contributed by atoms with E-state index in [0.717, 1.165) is 11.5 Å². The molecule has 1 heterocycles. The molecule has 4 rings (SSSR count). The number of sulfonamides is 1.